The third-order valence-corrected chi connectivity index (χ3v) is 4.87. The Morgan fingerprint density at radius 3 is 1.91 bits per heavy atom. The summed E-state index contributed by atoms with van der Waals surface area (Å²) < 4.78 is 0. The summed E-state index contributed by atoms with van der Waals surface area (Å²) in [5.41, 5.74) is 1.19. The first kappa shape index (κ1) is 35.0. The SMILES string of the molecule is C1=CC[N-]C(C2CCCC(C3CCCC[N-]3)[N-]2)=C1.CC(O)CC(C)O.O=[N+](O)O.O=[N+](O)O.[Nd+3]. The van der Waals surface area contributed by atoms with Gasteiger partial charge in [0.2, 0.25) is 0 Å². The van der Waals surface area contributed by atoms with Gasteiger partial charge in [-0.2, -0.15) is 17.8 Å². The van der Waals surface area contributed by atoms with Crippen LogP contribution >= 0.6 is 0 Å². The first-order valence-electron chi connectivity index (χ1n) is 11.0. The topological polar surface area (TPSA) is 204 Å². The van der Waals surface area contributed by atoms with Crippen molar-refractivity contribution in [2.45, 2.75) is 89.1 Å². The van der Waals surface area contributed by atoms with Crippen LogP contribution in [0.5, 0.6) is 0 Å². The molecule has 0 aromatic carbocycles. The Hall–Kier alpha value is -1.13. The average molecular weight is 621 g/mol. The zero-order chi connectivity index (χ0) is 25.2. The van der Waals surface area contributed by atoms with Gasteiger partial charge in [0.15, 0.2) is 0 Å². The third-order valence-electron chi connectivity index (χ3n) is 4.87. The van der Waals surface area contributed by atoms with Crippen LogP contribution in [0.1, 0.15) is 58.8 Å². The molecule has 0 spiro atoms. The smallest absolute Gasteiger partial charge is 0.686 e. The summed E-state index contributed by atoms with van der Waals surface area (Å²) in [4.78, 5) is 16.9. The second-order valence-corrected chi connectivity index (χ2v) is 7.93. The monoisotopic (exact) mass is 618 g/mol. The van der Waals surface area contributed by atoms with Gasteiger partial charge in [0.05, 0.1) is 12.2 Å². The molecule has 3 heterocycles. The molecule has 0 aromatic rings. The van der Waals surface area contributed by atoms with E-state index in [2.05, 4.69) is 23.5 Å². The van der Waals surface area contributed by atoms with Gasteiger partial charge in [-0.05, 0) is 20.3 Å². The quantitative estimate of drug-likeness (QED) is 0.257. The molecule has 3 aliphatic heterocycles. The molecule has 6 N–H and O–H groups in total. The summed E-state index contributed by atoms with van der Waals surface area (Å²) in [6.45, 7) is 5.20. The maximum atomic E-state index is 8.56. The van der Waals surface area contributed by atoms with E-state index < -0.39 is 10.2 Å². The van der Waals surface area contributed by atoms with Crippen LogP contribution in [0.2, 0.25) is 0 Å². The molecule has 14 heteroatoms. The maximum Gasteiger partial charge on any atom is 3.00 e. The van der Waals surface area contributed by atoms with Crippen molar-refractivity contribution >= 4 is 0 Å². The normalized spacial score (nSPS) is 24.8. The van der Waals surface area contributed by atoms with Crippen LogP contribution in [0, 0.1) is 50.7 Å². The molecule has 0 bridgehead atoms. The zero-order valence-corrected chi connectivity index (χ0v) is 22.9. The molecular weight excluding hydrogens is 582 g/mol. The Kier molecular flexibility index (Phi) is 21.8. The summed E-state index contributed by atoms with van der Waals surface area (Å²) in [6, 6.07) is 1.30. The fraction of sp³-hybridized carbons (Fsp3) is 0.800. The number of aliphatic hydroxyl groups excluding tert-OH is 2. The predicted molar refractivity (Wildman–Crippen MR) is 118 cm³/mol. The summed E-state index contributed by atoms with van der Waals surface area (Å²) in [6.07, 6.45) is 13.6. The van der Waals surface area contributed by atoms with Crippen LogP contribution in [0.25, 0.3) is 16.0 Å². The van der Waals surface area contributed by atoms with Gasteiger partial charge >= 0.3 is 51.0 Å². The van der Waals surface area contributed by atoms with Crippen molar-refractivity contribution in [1.29, 1.82) is 0 Å². The summed E-state index contributed by atoms with van der Waals surface area (Å²) in [5, 5.41) is 56.6. The van der Waals surface area contributed by atoms with E-state index in [0.717, 1.165) is 13.1 Å². The molecule has 0 aromatic heterocycles. The molecule has 0 saturated carbocycles. The van der Waals surface area contributed by atoms with Gasteiger partial charge in [-0.1, -0.05) is 50.7 Å². The molecule has 2 fully saturated rings. The number of aliphatic hydroxyl groups is 2. The molecule has 2 saturated heterocycles. The molecule has 0 amide bonds. The van der Waals surface area contributed by atoms with Gasteiger partial charge in [0.1, 0.15) is 9.81 Å². The number of allylic oxidation sites excluding steroid dienone is 2. The molecule has 5 unspecified atom stereocenters. The second-order valence-electron chi connectivity index (χ2n) is 7.93. The Labute approximate surface area is 232 Å². The van der Waals surface area contributed by atoms with Crippen molar-refractivity contribution in [3.8, 4) is 0 Å². The van der Waals surface area contributed by atoms with Crippen molar-refractivity contribution in [3.05, 3.63) is 49.7 Å². The van der Waals surface area contributed by atoms with E-state index in [0.29, 0.717) is 24.5 Å². The van der Waals surface area contributed by atoms with E-state index in [1.807, 2.05) is 0 Å². The standard InChI is InChI=1S/C15H22N3.C5H12O2.2H2NO3.Nd/c1-3-10-16-12(6-1)14-8-5-9-15(18-14)13-7-2-4-11-17-13;1-4(6)3-5(2)7;2*2-1(3)4;/h1,3,6,13-15H,2,4-5,7-11H2;4-7H,3H2,1-2H3;2*(H2,2,3,4);/q-3;;2*+1;+3. The van der Waals surface area contributed by atoms with Gasteiger partial charge in [0, 0.05) is 0 Å². The van der Waals surface area contributed by atoms with Crippen LogP contribution in [0.15, 0.2) is 23.9 Å². The third kappa shape index (κ3) is 20.3. The minimum atomic E-state index is -1.25. The fourth-order valence-corrected chi connectivity index (χ4v) is 3.69. The van der Waals surface area contributed by atoms with E-state index >= 15 is 0 Å². The van der Waals surface area contributed by atoms with E-state index in [9.17, 15) is 0 Å². The van der Waals surface area contributed by atoms with Crippen LogP contribution in [0.3, 0.4) is 0 Å². The first-order valence-corrected chi connectivity index (χ1v) is 11.0. The van der Waals surface area contributed by atoms with E-state index in [1.165, 1.54) is 44.2 Å². The minimum absolute atomic E-state index is 0. The molecule has 34 heavy (non-hydrogen) atoms. The van der Waals surface area contributed by atoms with E-state index in [-0.39, 0.29) is 53.0 Å². The van der Waals surface area contributed by atoms with E-state index in [4.69, 9.17) is 51.5 Å². The van der Waals surface area contributed by atoms with Gasteiger partial charge in [-0.15, -0.1) is 25.2 Å². The molecule has 3 rings (SSSR count). The Balaban J connectivity index is 0. The maximum absolute atomic E-state index is 8.56. The van der Waals surface area contributed by atoms with Gasteiger partial charge in [-0.25, -0.2) is 20.8 Å². The largest absolute Gasteiger partial charge is 3.00 e. The average Bonchev–Trinajstić information content (AvgIpc) is 2.74. The van der Waals surface area contributed by atoms with Crippen molar-refractivity contribution in [2.75, 3.05) is 13.1 Å². The molecular formula is C20H38N5NdO8+2. The Bertz CT molecular complexity index is 590. The summed E-state index contributed by atoms with van der Waals surface area (Å²) in [7, 11) is 0. The molecule has 13 nitrogen and oxygen atoms in total. The number of hydrogen-bond donors (Lipinski definition) is 6. The van der Waals surface area contributed by atoms with Crippen molar-refractivity contribution in [3.63, 3.8) is 0 Å². The predicted octanol–water partition coefficient (Wildman–Crippen LogP) is 3.26. The van der Waals surface area contributed by atoms with Gasteiger partial charge < -0.3 is 26.2 Å². The van der Waals surface area contributed by atoms with Crippen LogP contribution < -0.4 is 0 Å². The minimum Gasteiger partial charge on any atom is -0.686 e. The van der Waals surface area contributed by atoms with Gasteiger partial charge in [0.25, 0.3) is 0 Å². The summed E-state index contributed by atoms with van der Waals surface area (Å²) in [5.74, 6) is 0. The van der Waals surface area contributed by atoms with E-state index in [1.54, 1.807) is 13.8 Å². The number of rotatable bonds is 4. The number of nitrogens with zero attached hydrogens (tertiary/aromatic N) is 5. The van der Waals surface area contributed by atoms with Crippen LogP contribution in [-0.4, -0.2) is 84.6 Å². The molecule has 5 atom stereocenters. The van der Waals surface area contributed by atoms with Gasteiger partial charge in [-0.3, -0.25) is 0 Å². The van der Waals surface area contributed by atoms with Crippen molar-refractivity contribution in [2.24, 2.45) is 0 Å². The Morgan fingerprint density at radius 1 is 0.941 bits per heavy atom. The number of hydrogen-bond acceptors (Lipinski definition) is 4. The second kappa shape index (κ2) is 21.2. The molecule has 193 valence electrons. The van der Waals surface area contributed by atoms with Crippen molar-refractivity contribution in [1.82, 2.24) is 0 Å². The van der Waals surface area contributed by atoms with Crippen molar-refractivity contribution < 1.29 is 82.1 Å². The van der Waals surface area contributed by atoms with Crippen LogP contribution in [-0.2, 0) is 0 Å². The Morgan fingerprint density at radius 2 is 1.50 bits per heavy atom. The molecule has 3 aliphatic rings. The molecule has 1 radical (unpaired) electrons. The van der Waals surface area contributed by atoms with Crippen LogP contribution in [0.4, 0.5) is 0 Å². The first-order chi connectivity index (χ1) is 15.5. The summed E-state index contributed by atoms with van der Waals surface area (Å²) >= 11 is 0. The number of piperidine rings is 2. The zero-order valence-electron chi connectivity index (χ0n) is 19.7. The fourth-order valence-electron chi connectivity index (χ4n) is 3.69. The molecule has 0 aliphatic carbocycles.